The maximum absolute atomic E-state index is 11.5. The first-order valence-corrected chi connectivity index (χ1v) is 6.60. The summed E-state index contributed by atoms with van der Waals surface area (Å²) in [7, 11) is 1.51. The highest BCUT2D eigenvalue weighted by Crippen LogP contribution is 2.03. The zero-order valence-corrected chi connectivity index (χ0v) is 11.9. The molecular formula is C13H19N3O5. The number of methoxy groups -OCH3 is 1. The van der Waals surface area contributed by atoms with E-state index in [9.17, 15) is 19.2 Å². The zero-order chi connectivity index (χ0) is 15.7. The molecule has 1 heterocycles. The Bertz CT molecular complexity index is 429. The maximum atomic E-state index is 11.5. The molecule has 0 aliphatic carbocycles. The summed E-state index contributed by atoms with van der Waals surface area (Å²) in [5, 5.41) is 5.22. The molecule has 0 spiro atoms. The Kier molecular flexibility index (Phi) is 7.10. The van der Waals surface area contributed by atoms with Gasteiger partial charge in [-0.2, -0.15) is 0 Å². The van der Waals surface area contributed by atoms with E-state index in [2.05, 4.69) is 10.6 Å². The van der Waals surface area contributed by atoms with Crippen LogP contribution in [0.4, 0.5) is 0 Å². The first-order chi connectivity index (χ1) is 10.0. The highest BCUT2D eigenvalue weighted by Gasteiger charge is 2.23. The summed E-state index contributed by atoms with van der Waals surface area (Å²) in [6, 6.07) is 0. The first-order valence-electron chi connectivity index (χ1n) is 6.60. The highest BCUT2D eigenvalue weighted by molar-refractivity contribution is 6.13. The minimum absolute atomic E-state index is 0.0385. The van der Waals surface area contributed by atoms with Crippen molar-refractivity contribution in [3.8, 4) is 0 Å². The molecule has 0 unspecified atom stereocenters. The SMILES string of the molecule is COCCC(=O)NCCNC(=O)CCN1C(=O)C=CC1=O. The van der Waals surface area contributed by atoms with E-state index in [-0.39, 0.29) is 37.7 Å². The van der Waals surface area contributed by atoms with Gasteiger partial charge in [0.1, 0.15) is 0 Å². The van der Waals surface area contributed by atoms with Crippen LogP contribution in [0, 0.1) is 0 Å². The molecule has 0 aromatic heterocycles. The molecule has 0 fully saturated rings. The van der Waals surface area contributed by atoms with Gasteiger partial charge in [-0.25, -0.2) is 0 Å². The lowest BCUT2D eigenvalue weighted by Crippen LogP contribution is -2.37. The lowest BCUT2D eigenvalue weighted by Gasteiger charge is -2.13. The summed E-state index contributed by atoms with van der Waals surface area (Å²) in [6.07, 6.45) is 2.67. The molecule has 0 radical (unpaired) electrons. The van der Waals surface area contributed by atoms with E-state index in [1.807, 2.05) is 0 Å². The molecule has 4 amide bonds. The predicted octanol–water partition coefficient (Wildman–Crippen LogP) is -1.43. The monoisotopic (exact) mass is 297 g/mol. The topological polar surface area (TPSA) is 105 Å². The molecule has 0 aromatic rings. The lowest BCUT2D eigenvalue weighted by atomic mass is 10.3. The Hall–Kier alpha value is -2.22. The number of carbonyl (C=O) groups is 4. The van der Waals surface area contributed by atoms with Crippen LogP contribution < -0.4 is 10.6 Å². The smallest absolute Gasteiger partial charge is 0.253 e. The fourth-order valence-electron chi connectivity index (χ4n) is 1.64. The molecule has 0 atom stereocenters. The van der Waals surface area contributed by atoms with Gasteiger partial charge in [0.2, 0.25) is 11.8 Å². The quantitative estimate of drug-likeness (QED) is 0.401. The molecule has 8 heteroatoms. The standard InChI is InChI=1S/C13H19N3O5/c1-21-9-5-11(18)15-7-6-14-10(17)4-8-16-12(19)2-3-13(16)20/h2-3H,4-9H2,1H3,(H,14,17)(H,15,18). The molecule has 0 aromatic carbocycles. The molecule has 21 heavy (non-hydrogen) atoms. The summed E-state index contributed by atoms with van der Waals surface area (Å²) in [5.41, 5.74) is 0. The number of nitrogens with zero attached hydrogens (tertiary/aromatic N) is 1. The summed E-state index contributed by atoms with van der Waals surface area (Å²) in [4.78, 5) is 46.2. The van der Waals surface area contributed by atoms with Gasteiger partial charge in [0, 0.05) is 51.7 Å². The molecular weight excluding hydrogens is 278 g/mol. The van der Waals surface area contributed by atoms with Gasteiger partial charge >= 0.3 is 0 Å². The summed E-state index contributed by atoms with van der Waals surface area (Å²) in [5.74, 6) is -1.24. The van der Waals surface area contributed by atoms with Crippen LogP contribution in [0.2, 0.25) is 0 Å². The van der Waals surface area contributed by atoms with Crippen LogP contribution in [-0.4, -0.2) is 61.9 Å². The Morgan fingerprint density at radius 1 is 1.05 bits per heavy atom. The van der Waals surface area contributed by atoms with Crippen molar-refractivity contribution in [1.29, 1.82) is 0 Å². The number of carbonyl (C=O) groups excluding carboxylic acids is 4. The number of hydrogen-bond donors (Lipinski definition) is 2. The second kappa shape index (κ2) is 8.85. The van der Waals surface area contributed by atoms with Crippen LogP contribution in [0.3, 0.4) is 0 Å². The fraction of sp³-hybridized carbons (Fsp3) is 0.538. The van der Waals surface area contributed by atoms with Crippen LogP contribution in [0.15, 0.2) is 12.2 Å². The molecule has 116 valence electrons. The second-order valence-corrected chi connectivity index (χ2v) is 4.35. The van der Waals surface area contributed by atoms with Crippen molar-refractivity contribution in [3.05, 3.63) is 12.2 Å². The van der Waals surface area contributed by atoms with Gasteiger partial charge in [0.05, 0.1) is 6.61 Å². The molecule has 1 aliphatic heterocycles. The first kappa shape index (κ1) is 16.8. The van der Waals surface area contributed by atoms with Gasteiger partial charge < -0.3 is 15.4 Å². The largest absolute Gasteiger partial charge is 0.384 e. The fourth-order valence-corrected chi connectivity index (χ4v) is 1.64. The predicted molar refractivity (Wildman–Crippen MR) is 73.0 cm³/mol. The third-order valence-corrected chi connectivity index (χ3v) is 2.77. The highest BCUT2D eigenvalue weighted by atomic mass is 16.5. The Morgan fingerprint density at radius 2 is 1.57 bits per heavy atom. The normalized spacial score (nSPS) is 13.7. The van der Waals surface area contributed by atoms with Crippen molar-refractivity contribution in [1.82, 2.24) is 15.5 Å². The van der Waals surface area contributed by atoms with Crippen LogP contribution in [0.1, 0.15) is 12.8 Å². The maximum Gasteiger partial charge on any atom is 0.253 e. The molecule has 0 saturated heterocycles. The van der Waals surface area contributed by atoms with Gasteiger partial charge in [-0.1, -0.05) is 0 Å². The number of ether oxygens (including phenoxy) is 1. The van der Waals surface area contributed by atoms with Gasteiger partial charge in [-0.05, 0) is 0 Å². The Balaban J connectivity index is 2.08. The lowest BCUT2D eigenvalue weighted by molar-refractivity contribution is -0.137. The van der Waals surface area contributed by atoms with E-state index in [0.717, 1.165) is 4.90 Å². The minimum Gasteiger partial charge on any atom is -0.384 e. The minimum atomic E-state index is -0.404. The third kappa shape index (κ3) is 6.17. The Morgan fingerprint density at radius 3 is 2.10 bits per heavy atom. The third-order valence-electron chi connectivity index (χ3n) is 2.77. The number of hydrogen-bond acceptors (Lipinski definition) is 5. The zero-order valence-electron chi connectivity index (χ0n) is 11.9. The van der Waals surface area contributed by atoms with E-state index < -0.39 is 11.8 Å². The van der Waals surface area contributed by atoms with Crippen LogP contribution in [0.25, 0.3) is 0 Å². The van der Waals surface area contributed by atoms with Gasteiger partial charge in [-0.3, -0.25) is 24.1 Å². The van der Waals surface area contributed by atoms with Gasteiger partial charge in [0.25, 0.3) is 11.8 Å². The van der Waals surface area contributed by atoms with Crippen molar-refractivity contribution in [2.75, 3.05) is 33.4 Å². The molecule has 2 N–H and O–H groups in total. The molecule has 0 saturated carbocycles. The average molecular weight is 297 g/mol. The molecule has 1 rings (SSSR count). The van der Waals surface area contributed by atoms with Crippen molar-refractivity contribution in [2.24, 2.45) is 0 Å². The molecule has 1 aliphatic rings. The Labute approximate surface area is 122 Å². The number of nitrogens with one attached hydrogen (secondary N) is 2. The summed E-state index contributed by atoms with van der Waals surface area (Å²) in [6.45, 7) is 1.01. The molecule has 0 bridgehead atoms. The van der Waals surface area contributed by atoms with E-state index in [0.29, 0.717) is 13.2 Å². The van der Waals surface area contributed by atoms with E-state index in [1.54, 1.807) is 0 Å². The van der Waals surface area contributed by atoms with Gasteiger partial charge in [-0.15, -0.1) is 0 Å². The van der Waals surface area contributed by atoms with Crippen molar-refractivity contribution in [2.45, 2.75) is 12.8 Å². The van der Waals surface area contributed by atoms with Crippen molar-refractivity contribution < 1.29 is 23.9 Å². The molecule has 8 nitrogen and oxygen atoms in total. The average Bonchev–Trinajstić information content (AvgIpc) is 2.78. The van der Waals surface area contributed by atoms with Crippen molar-refractivity contribution >= 4 is 23.6 Å². The van der Waals surface area contributed by atoms with Crippen LogP contribution in [0.5, 0.6) is 0 Å². The van der Waals surface area contributed by atoms with Gasteiger partial charge in [0.15, 0.2) is 0 Å². The second-order valence-electron chi connectivity index (χ2n) is 4.35. The van der Waals surface area contributed by atoms with E-state index in [1.165, 1.54) is 19.3 Å². The van der Waals surface area contributed by atoms with Crippen molar-refractivity contribution in [3.63, 3.8) is 0 Å². The number of imide groups is 1. The van der Waals surface area contributed by atoms with Crippen LogP contribution in [-0.2, 0) is 23.9 Å². The number of amides is 4. The summed E-state index contributed by atoms with van der Waals surface area (Å²) < 4.78 is 4.76. The number of rotatable bonds is 9. The van der Waals surface area contributed by atoms with E-state index >= 15 is 0 Å². The van der Waals surface area contributed by atoms with Crippen LogP contribution >= 0.6 is 0 Å². The summed E-state index contributed by atoms with van der Waals surface area (Å²) >= 11 is 0. The van der Waals surface area contributed by atoms with E-state index in [4.69, 9.17) is 4.74 Å².